The topological polar surface area (TPSA) is 51.7 Å². The Morgan fingerprint density at radius 2 is 1.93 bits per heavy atom. The molecule has 0 saturated carbocycles. The van der Waals surface area contributed by atoms with Crippen LogP contribution >= 0.6 is 39.0 Å². The van der Waals surface area contributed by atoms with E-state index in [1.807, 2.05) is 22.4 Å². The number of thioether (sulfide) groups is 1. The van der Waals surface area contributed by atoms with Gasteiger partial charge in [-0.2, -0.15) is 0 Å². The zero-order chi connectivity index (χ0) is 18.7. The molecular weight excluding hydrogens is 448 g/mol. The Morgan fingerprint density at radius 3 is 2.63 bits per heavy atom. The molecule has 1 aromatic carbocycles. The average molecular weight is 469 g/mol. The first-order chi connectivity index (χ1) is 13.1. The van der Waals surface area contributed by atoms with E-state index in [9.17, 15) is 4.79 Å². The Labute approximate surface area is 175 Å². The Balaban J connectivity index is 1.26. The van der Waals surface area contributed by atoms with Crippen molar-refractivity contribution in [3.8, 4) is 0 Å². The summed E-state index contributed by atoms with van der Waals surface area (Å²) >= 11 is 6.77. The van der Waals surface area contributed by atoms with E-state index < -0.39 is 5.79 Å². The third-order valence-corrected chi connectivity index (χ3v) is 7.50. The zero-order valence-electron chi connectivity index (χ0n) is 14.9. The number of aromatic nitrogens is 1. The first kappa shape index (κ1) is 19.4. The smallest absolute Gasteiger partial charge is 0.228 e. The first-order valence-corrected chi connectivity index (χ1v) is 11.7. The van der Waals surface area contributed by atoms with Crippen LogP contribution in [0.3, 0.4) is 0 Å². The lowest BCUT2D eigenvalue weighted by Crippen LogP contribution is -2.47. The summed E-state index contributed by atoms with van der Waals surface area (Å²) in [6, 6.07) is 8.31. The molecule has 2 fully saturated rings. The number of halogens is 1. The van der Waals surface area contributed by atoms with Gasteiger partial charge in [0.15, 0.2) is 5.79 Å². The summed E-state index contributed by atoms with van der Waals surface area (Å²) in [6.45, 7) is 2.70. The number of ether oxygens (including phenoxy) is 2. The van der Waals surface area contributed by atoms with E-state index in [1.54, 1.807) is 23.1 Å². The fourth-order valence-electron chi connectivity index (χ4n) is 3.31. The monoisotopic (exact) mass is 468 g/mol. The summed E-state index contributed by atoms with van der Waals surface area (Å²) < 4.78 is 13.5. The van der Waals surface area contributed by atoms with Crippen LogP contribution in [-0.4, -0.2) is 47.9 Å². The fourth-order valence-corrected chi connectivity index (χ4v) is 5.38. The van der Waals surface area contributed by atoms with E-state index in [-0.39, 0.29) is 5.91 Å². The minimum absolute atomic E-state index is 0.137. The molecular formula is C19H21BrN2O3S2. The van der Waals surface area contributed by atoms with Crippen molar-refractivity contribution in [2.75, 3.05) is 26.3 Å². The molecule has 2 aromatic rings. The van der Waals surface area contributed by atoms with Gasteiger partial charge in [-0.15, -0.1) is 11.3 Å². The molecule has 0 radical (unpaired) electrons. The van der Waals surface area contributed by atoms with Crippen LogP contribution in [0, 0.1) is 0 Å². The molecule has 27 heavy (non-hydrogen) atoms. The molecule has 8 heteroatoms. The Kier molecular flexibility index (Phi) is 6.18. The molecule has 2 aliphatic heterocycles. The standard InChI is InChI=1S/C19H21BrN2O3S2/c20-15-3-1-14(2-4-15)12-26-18-21-16(13-27-18)11-17(23)22-7-5-19(6-8-22)24-9-10-25-19/h1-4,13H,5-12H2. The van der Waals surface area contributed by atoms with Crippen LogP contribution in [0.1, 0.15) is 24.1 Å². The number of amides is 1. The predicted molar refractivity (Wildman–Crippen MR) is 110 cm³/mol. The highest BCUT2D eigenvalue weighted by Gasteiger charge is 2.40. The van der Waals surface area contributed by atoms with Crippen molar-refractivity contribution >= 4 is 44.9 Å². The number of nitrogens with zero attached hydrogens (tertiary/aromatic N) is 2. The maximum Gasteiger partial charge on any atom is 0.228 e. The van der Waals surface area contributed by atoms with Crippen molar-refractivity contribution in [3.05, 3.63) is 45.4 Å². The highest BCUT2D eigenvalue weighted by atomic mass is 79.9. The van der Waals surface area contributed by atoms with E-state index >= 15 is 0 Å². The summed E-state index contributed by atoms with van der Waals surface area (Å²) in [5.41, 5.74) is 2.12. The molecule has 0 aliphatic carbocycles. The number of likely N-dealkylation sites (tertiary alicyclic amines) is 1. The summed E-state index contributed by atoms with van der Waals surface area (Å²) in [5.74, 6) is 0.578. The van der Waals surface area contributed by atoms with E-state index in [4.69, 9.17) is 9.47 Å². The SMILES string of the molecule is O=C(Cc1csc(SCc2ccc(Br)cc2)n1)N1CCC2(CC1)OCCO2. The lowest BCUT2D eigenvalue weighted by Gasteiger charge is -2.37. The quantitative estimate of drug-likeness (QED) is 0.618. The molecule has 5 nitrogen and oxygen atoms in total. The molecule has 1 amide bonds. The average Bonchev–Trinajstić information content (AvgIpc) is 3.32. The summed E-state index contributed by atoms with van der Waals surface area (Å²) in [4.78, 5) is 19.1. The minimum Gasteiger partial charge on any atom is -0.347 e. The molecule has 2 aliphatic rings. The van der Waals surface area contributed by atoms with Gasteiger partial charge in [-0.3, -0.25) is 4.79 Å². The van der Waals surface area contributed by atoms with E-state index in [0.29, 0.717) is 32.7 Å². The van der Waals surface area contributed by atoms with Crippen molar-refractivity contribution in [3.63, 3.8) is 0 Å². The Bertz CT molecular complexity index is 781. The Hall–Kier alpha value is -0.930. The van der Waals surface area contributed by atoms with E-state index in [0.717, 1.165) is 33.1 Å². The van der Waals surface area contributed by atoms with Gasteiger partial charge in [-0.05, 0) is 17.7 Å². The minimum atomic E-state index is -0.436. The summed E-state index contributed by atoms with van der Waals surface area (Å²) in [7, 11) is 0. The molecule has 0 atom stereocenters. The number of thiazole rings is 1. The lowest BCUT2D eigenvalue weighted by molar-refractivity contribution is -0.187. The van der Waals surface area contributed by atoms with Crippen LogP contribution in [0.5, 0.6) is 0 Å². The second-order valence-corrected chi connectivity index (χ2v) is 9.68. The second-order valence-electron chi connectivity index (χ2n) is 6.69. The number of rotatable bonds is 5. The van der Waals surface area contributed by atoms with Gasteiger partial charge in [0, 0.05) is 41.5 Å². The largest absolute Gasteiger partial charge is 0.347 e. The van der Waals surface area contributed by atoms with Crippen molar-refractivity contribution in [2.45, 2.75) is 35.1 Å². The molecule has 3 heterocycles. The third-order valence-electron chi connectivity index (χ3n) is 4.83. The van der Waals surface area contributed by atoms with Crippen LogP contribution < -0.4 is 0 Å². The molecule has 1 spiro atoms. The van der Waals surface area contributed by atoms with Gasteiger partial charge in [0.25, 0.3) is 0 Å². The van der Waals surface area contributed by atoms with Crippen molar-refractivity contribution in [1.82, 2.24) is 9.88 Å². The first-order valence-electron chi connectivity index (χ1n) is 8.99. The van der Waals surface area contributed by atoms with Crippen LogP contribution in [0.4, 0.5) is 0 Å². The molecule has 0 unspecified atom stereocenters. The molecule has 144 valence electrons. The lowest BCUT2D eigenvalue weighted by atomic mass is 10.0. The van der Waals surface area contributed by atoms with Gasteiger partial charge in [-0.25, -0.2) is 4.98 Å². The number of piperidine rings is 1. The second kappa shape index (κ2) is 8.61. The number of benzene rings is 1. The maximum atomic E-state index is 12.6. The van der Waals surface area contributed by atoms with Crippen molar-refractivity contribution in [2.24, 2.45) is 0 Å². The van der Waals surface area contributed by atoms with Crippen molar-refractivity contribution in [1.29, 1.82) is 0 Å². The fraction of sp³-hybridized carbons (Fsp3) is 0.474. The summed E-state index contributed by atoms with van der Waals surface area (Å²) in [5, 5.41) is 2.00. The number of hydrogen-bond acceptors (Lipinski definition) is 6. The van der Waals surface area contributed by atoms with E-state index in [1.165, 1.54) is 5.56 Å². The van der Waals surface area contributed by atoms with Crippen molar-refractivity contribution < 1.29 is 14.3 Å². The number of carbonyl (C=O) groups excluding carboxylic acids is 1. The van der Waals surface area contributed by atoms with Gasteiger partial charge in [-0.1, -0.05) is 39.8 Å². The maximum absolute atomic E-state index is 12.6. The van der Waals surface area contributed by atoms with Gasteiger partial charge in [0.05, 0.1) is 25.3 Å². The van der Waals surface area contributed by atoms with Crippen LogP contribution in [0.15, 0.2) is 38.5 Å². The molecule has 4 rings (SSSR count). The number of hydrogen-bond donors (Lipinski definition) is 0. The van der Waals surface area contributed by atoms with Crippen LogP contribution in [0.25, 0.3) is 0 Å². The zero-order valence-corrected chi connectivity index (χ0v) is 18.1. The molecule has 1 aromatic heterocycles. The Morgan fingerprint density at radius 1 is 1.22 bits per heavy atom. The predicted octanol–water partition coefficient (Wildman–Crippen LogP) is 4.11. The highest BCUT2D eigenvalue weighted by Crippen LogP contribution is 2.32. The highest BCUT2D eigenvalue weighted by molar-refractivity contribution is 9.10. The van der Waals surface area contributed by atoms with Gasteiger partial charge < -0.3 is 14.4 Å². The third kappa shape index (κ3) is 4.92. The summed E-state index contributed by atoms with van der Waals surface area (Å²) in [6.07, 6.45) is 1.87. The van der Waals surface area contributed by atoms with Crippen LogP contribution in [-0.2, 0) is 26.4 Å². The van der Waals surface area contributed by atoms with Gasteiger partial charge >= 0.3 is 0 Å². The van der Waals surface area contributed by atoms with Crippen LogP contribution in [0.2, 0.25) is 0 Å². The molecule has 0 bridgehead atoms. The molecule has 0 N–H and O–H groups in total. The van der Waals surface area contributed by atoms with Gasteiger partial charge in [0.2, 0.25) is 5.91 Å². The molecule has 2 saturated heterocycles. The number of carbonyl (C=O) groups is 1. The van der Waals surface area contributed by atoms with Gasteiger partial charge in [0.1, 0.15) is 4.34 Å². The van der Waals surface area contributed by atoms with E-state index in [2.05, 4.69) is 33.0 Å². The normalized spacial score (nSPS) is 18.9.